The Kier molecular flexibility index (Phi) is 3.95. The van der Waals surface area contributed by atoms with Crippen molar-refractivity contribution in [3.8, 4) is 5.69 Å². The van der Waals surface area contributed by atoms with Crippen LogP contribution in [0.4, 0.5) is 4.39 Å². The van der Waals surface area contributed by atoms with Gasteiger partial charge in [-0.2, -0.15) is 0 Å². The molecule has 1 atom stereocenters. The lowest BCUT2D eigenvalue weighted by Gasteiger charge is -2.11. The monoisotopic (exact) mass is 262 g/mol. The second-order valence-electron chi connectivity index (χ2n) is 4.63. The first-order valence-corrected chi connectivity index (χ1v) is 6.55. The summed E-state index contributed by atoms with van der Waals surface area (Å²) in [6.45, 7) is 5.96. The standard InChI is InChI=1S/C14H19FN4/c1-4-11(16)14-12(5-2)19(18-17-14)13-8-10(15)7-6-9(13)3/h6-8,11H,4-5,16H2,1-3H3. The van der Waals surface area contributed by atoms with E-state index in [1.807, 2.05) is 20.8 Å². The molecule has 0 radical (unpaired) electrons. The molecule has 0 fully saturated rings. The quantitative estimate of drug-likeness (QED) is 0.921. The van der Waals surface area contributed by atoms with Crippen molar-refractivity contribution in [3.63, 3.8) is 0 Å². The first-order chi connectivity index (χ1) is 9.08. The van der Waals surface area contributed by atoms with E-state index in [9.17, 15) is 4.39 Å². The maximum absolute atomic E-state index is 13.4. The summed E-state index contributed by atoms with van der Waals surface area (Å²) in [7, 11) is 0. The minimum atomic E-state index is -0.278. The average Bonchev–Trinajstić information content (AvgIpc) is 2.84. The molecule has 2 aromatic rings. The van der Waals surface area contributed by atoms with Crippen molar-refractivity contribution in [2.24, 2.45) is 5.73 Å². The highest BCUT2D eigenvalue weighted by atomic mass is 19.1. The Morgan fingerprint density at radius 3 is 2.74 bits per heavy atom. The van der Waals surface area contributed by atoms with Crippen molar-refractivity contribution < 1.29 is 4.39 Å². The van der Waals surface area contributed by atoms with E-state index in [0.717, 1.165) is 35.5 Å². The highest BCUT2D eigenvalue weighted by Gasteiger charge is 2.18. The SMILES string of the molecule is CCc1c(C(N)CC)nnn1-c1cc(F)ccc1C. The van der Waals surface area contributed by atoms with Gasteiger partial charge in [-0.3, -0.25) is 0 Å². The summed E-state index contributed by atoms with van der Waals surface area (Å²) in [6, 6.07) is 4.54. The highest BCUT2D eigenvalue weighted by molar-refractivity contribution is 5.41. The third kappa shape index (κ3) is 2.51. The number of rotatable bonds is 4. The Hall–Kier alpha value is -1.75. The minimum absolute atomic E-state index is 0.127. The van der Waals surface area contributed by atoms with Crippen LogP contribution in [0.15, 0.2) is 18.2 Å². The molecule has 0 bridgehead atoms. The molecule has 0 aliphatic heterocycles. The zero-order chi connectivity index (χ0) is 14.0. The van der Waals surface area contributed by atoms with Gasteiger partial charge in [0.2, 0.25) is 0 Å². The van der Waals surface area contributed by atoms with Crippen LogP contribution < -0.4 is 5.73 Å². The van der Waals surface area contributed by atoms with E-state index in [1.165, 1.54) is 12.1 Å². The Bertz CT molecular complexity index is 577. The molecular weight excluding hydrogens is 243 g/mol. The Labute approximate surface area is 112 Å². The van der Waals surface area contributed by atoms with E-state index in [0.29, 0.717) is 0 Å². The van der Waals surface area contributed by atoms with Gasteiger partial charge in [0.25, 0.3) is 0 Å². The zero-order valence-corrected chi connectivity index (χ0v) is 11.5. The lowest BCUT2D eigenvalue weighted by Crippen LogP contribution is -2.12. The van der Waals surface area contributed by atoms with Crippen LogP contribution >= 0.6 is 0 Å². The van der Waals surface area contributed by atoms with Crippen LogP contribution in [0.3, 0.4) is 0 Å². The summed E-state index contributed by atoms with van der Waals surface area (Å²) in [6.07, 6.45) is 1.56. The van der Waals surface area contributed by atoms with Gasteiger partial charge in [-0.05, 0) is 37.5 Å². The fourth-order valence-electron chi connectivity index (χ4n) is 2.13. The fraction of sp³-hybridized carbons (Fsp3) is 0.429. The van der Waals surface area contributed by atoms with E-state index >= 15 is 0 Å². The Morgan fingerprint density at radius 1 is 1.37 bits per heavy atom. The van der Waals surface area contributed by atoms with Gasteiger partial charge in [-0.1, -0.05) is 25.1 Å². The molecule has 4 nitrogen and oxygen atoms in total. The normalized spacial score (nSPS) is 12.7. The maximum Gasteiger partial charge on any atom is 0.125 e. The Morgan fingerprint density at radius 2 is 2.11 bits per heavy atom. The van der Waals surface area contributed by atoms with Gasteiger partial charge >= 0.3 is 0 Å². The van der Waals surface area contributed by atoms with Crippen molar-refractivity contribution in [2.45, 2.75) is 39.7 Å². The van der Waals surface area contributed by atoms with Gasteiger partial charge < -0.3 is 5.73 Å². The number of aryl methyl sites for hydroxylation is 1. The number of halogens is 1. The molecule has 0 saturated carbocycles. The van der Waals surface area contributed by atoms with Gasteiger partial charge in [-0.15, -0.1) is 5.10 Å². The number of nitrogens with two attached hydrogens (primary N) is 1. The first-order valence-electron chi connectivity index (χ1n) is 6.55. The van der Waals surface area contributed by atoms with Crippen LogP contribution in [-0.2, 0) is 6.42 Å². The van der Waals surface area contributed by atoms with E-state index in [4.69, 9.17) is 5.73 Å². The van der Waals surface area contributed by atoms with Crippen LogP contribution in [0.1, 0.15) is 43.3 Å². The maximum atomic E-state index is 13.4. The van der Waals surface area contributed by atoms with Crippen molar-refractivity contribution in [1.29, 1.82) is 0 Å². The van der Waals surface area contributed by atoms with Crippen LogP contribution in [-0.4, -0.2) is 15.0 Å². The van der Waals surface area contributed by atoms with Gasteiger partial charge in [0.05, 0.1) is 17.4 Å². The molecule has 1 heterocycles. The van der Waals surface area contributed by atoms with E-state index < -0.39 is 0 Å². The molecule has 0 aliphatic rings. The summed E-state index contributed by atoms with van der Waals surface area (Å²) >= 11 is 0. The minimum Gasteiger partial charge on any atom is -0.323 e. The summed E-state index contributed by atoms with van der Waals surface area (Å²) in [5, 5.41) is 8.32. The van der Waals surface area contributed by atoms with Crippen LogP contribution in [0.5, 0.6) is 0 Å². The average molecular weight is 262 g/mol. The molecule has 0 saturated heterocycles. The zero-order valence-electron chi connectivity index (χ0n) is 11.5. The molecule has 1 aromatic carbocycles. The predicted molar refractivity (Wildman–Crippen MR) is 72.7 cm³/mol. The summed E-state index contributed by atoms with van der Waals surface area (Å²) in [4.78, 5) is 0. The van der Waals surface area contributed by atoms with Gasteiger partial charge in [0.1, 0.15) is 11.5 Å². The second-order valence-corrected chi connectivity index (χ2v) is 4.63. The van der Waals surface area contributed by atoms with E-state index in [-0.39, 0.29) is 11.9 Å². The lowest BCUT2D eigenvalue weighted by molar-refractivity contribution is 0.623. The molecule has 1 unspecified atom stereocenters. The van der Waals surface area contributed by atoms with Crippen molar-refractivity contribution in [2.75, 3.05) is 0 Å². The molecule has 5 heteroatoms. The fourth-order valence-corrected chi connectivity index (χ4v) is 2.13. The third-order valence-corrected chi connectivity index (χ3v) is 3.32. The van der Waals surface area contributed by atoms with Gasteiger partial charge in [-0.25, -0.2) is 9.07 Å². The highest BCUT2D eigenvalue weighted by Crippen LogP contribution is 2.22. The van der Waals surface area contributed by atoms with Gasteiger partial charge in [0.15, 0.2) is 0 Å². The molecule has 0 amide bonds. The number of nitrogens with zero attached hydrogens (tertiary/aromatic N) is 3. The lowest BCUT2D eigenvalue weighted by atomic mass is 10.1. The van der Waals surface area contributed by atoms with Gasteiger partial charge in [0, 0.05) is 0 Å². The van der Waals surface area contributed by atoms with Crippen molar-refractivity contribution in [3.05, 3.63) is 41.0 Å². The molecule has 2 rings (SSSR count). The topological polar surface area (TPSA) is 56.7 Å². The van der Waals surface area contributed by atoms with Crippen molar-refractivity contribution in [1.82, 2.24) is 15.0 Å². The van der Waals surface area contributed by atoms with Crippen LogP contribution in [0, 0.1) is 12.7 Å². The number of benzene rings is 1. The van der Waals surface area contributed by atoms with E-state index in [1.54, 1.807) is 10.7 Å². The Balaban J connectivity index is 2.56. The molecular formula is C14H19FN4. The second kappa shape index (κ2) is 5.48. The van der Waals surface area contributed by atoms with Crippen molar-refractivity contribution >= 4 is 0 Å². The molecule has 102 valence electrons. The summed E-state index contributed by atoms with van der Waals surface area (Å²) in [5.41, 5.74) is 9.46. The third-order valence-electron chi connectivity index (χ3n) is 3.32. The summed E-state index contributed by atoms with van der Waals surface area (Å²) < 4.78 is 15.1. The molecule has 1 aromatic heterocycles. The summed E-state index contributed by atoms with van der Waals surface area (Å²) in [5.74, 6) is -0.278. The smallest absolute Gasteiger partial charge is 0.125 e. The number of aromatic nitrogens is 3. The van der Waals surface area contributed by atoms with E-state index in [2.05, 4.69) is 10.3 Å². The molecule has 19 heavy (non-hydrogen) atoms. The van der Waals surface area contributed by atoms with Crippen LogP contribution in [0.2, 0.25) is 0 Å². The number of hydrogen-bond donors (Lipinski definition) is 1. The largest absolute Gasteiger partial charge is 0.323 e. The number of hydrogen-bond acceptors (Lipinski definition) is 3. The predicted octanol–water partition coefficient (Wildman–Crippen LogP) is 2.69. The van der Waals surface area contributed by atoms with Crippen LogP contribution in [0.25, 0.3) is 5.69 Å². The molecule has 0 spiro atoms. The first kappa shape index (κ1) is 13.7. The molecule has 2 N–H and O–H groups in total. The molecule has 0 aliphatic carbocycles.